The van der Waals surface area contributed by atoms with Crippen LogP contribution in [-0.4, -0.2) is 93.1 Å². The van der Waals surface area contributed by atoms with Crippen molar-refractivity contribution in [1.82, 2.24) is 15.2 Å². The molecule has 0 saturated carbocycles. The fourth-order valence-corrected chi connectivity index (χ4v) is 6.43. The fraction of sp³-hybridized carbons (Fsp3) is 0.525. The van der Waals surface area contributed by atoms with Crippen LogP contribution in [0.25, 0.3) is 0 Å². The molecule has 276 valence electrons. The molecule has 0 spiro atoms. The lowest BCUT2D eigenvalue weighted by atomic mass is 10.0. The number of piperidine rings is 1. The largest absolute Gasteiger partial charge is 0.494 e. The number of hydrogen-bond acceptors (Lipinski definition) is 10. The molecule has 3 aliphatic heterocycles. The van der Waals surface area contributed by atoms with Crippen LogP contribution in [0.2, 0.25) is 0 Å². The molecule has 0 aliphatic carbocycles. The number of aromatic nitrogens is 1. The number of amides is 1. The number of likely N-dealkylation sites (tertiary alicyclic amines) is 1. The van der Waals surface area contributed by atoms with E-state index in [-0.39, 0.29) is 24.2 Å². The molecular weight excluding hydrogens is 650 g/mol. The Labute approximate surface area is 301 Å². The van der Waals surface area contributed by atoms with Crippen molar-refractivity contribution in [1.29, 1.82) is 0 Å². The summed E-state index contributed by atoms with van der Waals surface area (Å²) in [5.74, 6) is 3.05. The van der Waals surface area contributed by atoms with Gasteiger partial charge in [-0.25, -0.2) is 0 Å². The molecule has 0 unspecified atom stereocenters. The summed E-state index contributed by atoms with van der Waals surface area (Å²) >= 11 is 0. The molecule has 1 aromatic heterocycles. The van der Waals surface area contributed by atoms with Crippen LogP contribution in [0, 0.1) is 6.92 Å². The van der Waals surface area contributed by atoms with Gasteiger partial charge in [0.25, 0.3) is 5.91 Å². The van der Waals surface area contributed by atoms with Crippen LogP contribution in [0.5, 0.6) is 23.0 Å². The monoisotopic (exact) mass is 703 g/mol. The Kier molecular flexibility index (Phi) is 14.9. The number of ether oxygens (including phenoxy) is 6. The number of carbonyl (C=O) groups excluding carboxylic acids is 2. The highest BCUT2D eigenvalue weighted by Crippen LogP contribution is 2.28. The van der Waals surface area contributed by atoms with Gasteiger partial charge in [-0.3, -0.25) is 19.5 Å². The number of benzene rings is 2. The first-order valence-electron chi connectivity index (χ1n) is 18.3. The third-order valence-corrected chi connectivity index (χ3v) is 9.01. The molecule has 0 bridgehead atoms. The van der Waals surface area contributed by atoms with Crippen molar-refractivity contribution < 1.29 is 38.0 Å². The number of aldehydes is 1. The third-order valence-electron chi connectivity index (χ3n) is 9.01. The molecule has 3 saturated heterocycles. The van der Waals surface area contributed by atoms with Crippen LogP contribution in [0.1, 0.15) is 84.2 Å². The summed E-state index contributed by atoms with van der Waals surface area (Å²) in [6, 6.07) is 13.6. The van der Waals surface area contributed by atoms with E-state index in [0.29, 0.717) is 35.8 Å². The summed E-state index contributed by atoms with van der Waals surface area (Å²) < 4.78 is 34.1. The van der Waals surface area contributed by atoms with Crippen LogP contribution < -0.4 is 24.3 Å². The number of pyridine rings is 1. The molecular formula is C40H53N3O8. The van der Waals surface area contributed by atoms with Crippen LogP contribution in [0.4, 0.5) is 0 Å². The number of rotatable bonds is 13. The summed E-state index contributed by atoms with van der Waals surface area (Å²) in [6.45, 7) is 12.7. The van der Waals surface area contributed by atoms with Gasteiger partial charge in [-0.15, -0.1) is 0 Å². The quantitative estimate of drug-likeness (QED) is 0.206. The van der Waals surface area contributed by atoms with Gasteiger partial charge in [-0.05, 0) is 75.1 Å². The number of aryl methyl sites for hydroxylation is 1. The van der Waals surface area contributed by atoms with Crippen LogP contribution in [-0.2, 0) is 16.0 Å². The van der Waals surface area contributed by atoms with Gasteiger partial charge in [0.05, 0.1) is 45.2 Å². The molecule has 1 N–H and O–H groups in total. The summed E-state index contributed by atoms with van der Waals surface area (Å²) in [6.07, 6.45) is 10.0. The topological polar surface area (TPSA) is 118 Å². The standard InChI is InChI=1S/C26H35N3O4.C14H18O4/c1-3-32-24-13-20(14-25(15-24)33-23-6-10-31-11-7-23)18-29-8-4-22(5-9-29)28-26(30)21-12-19(2)16-27-17-21;1-2-17-13-7-11(10-15)8-14(9-13)18-12-3-5-16-6-4-12/h12-17,22-23H,3-11,18H2,1-2H3,(H,28,30);7-10,12H,2-6H2,1H3. The lowest BCUT2D eigenvalue weighted by Crippen LogP contribution is -2.44. The summed E-state index contributed by atoms with van der Waals surface area (Å²) in [5, 5.41) is 3.17. The predicted octanol–water partition coefficient (Wildman–Crippen LogP) is 6.20. The van der Waals surface area contributed by atoms with Crippen molar-refractivity contribution in [2.24, 2.45) is 0 Å². The lowest BCUT2D eigenvalue weighted by molar-refractivity contribution is 0.0252. The van der Waals surface area contributed by atoms with Gasteiger partial charge < -0.3 is 33.7 Å². The zero-order chi connectivity index (χ0) is 35.8. The van der Waals surface area contributed by atoms with Crippen molar-refractivity contribution in [2.75, 3.05) is 52.7 Å². The maximum Gasteiger partial charge on any atom is 0.253 e. The number of nitrogens with one attached hydrogen (secondary N) is 1. The minimum atomic E-state index is -0.0380. The minimum absolute atomic E-state index is 0.0380. The molecule has 6 rings (SSSR count). The highest BCUT2D eigenvalue weighted by atomic mass is 16.5. The van der Waals surface area contributed by atoms with E-state index in [4.69, 9.17) is 28.4 Å². The Morgan fingerprint density at radius 3 is 1.90 bits per heavy atom. The van der Waals surface area contributed by atoms with E-state index >= 15 is 0 Å². The van der Waals surface area contributed by atoms with Gasteiger partial charge in [0.15, 0.2) is 0 Å². The molecule has 4 heterocycles. The molecule has 11 nitrogen and oxygen atoms in total. The molecule has 3 aromatic rings. The van der Waals surface area contributed by atoms with E-state index in [2.05, 4.69) is 27.3 Å². The highest BCUT2D eigenvalue weighted by molar-refractivity contribution is 5.94. The first kappa shape index (κ1) is 38.1. The fourth-order valence-electron chi connectivity index (χ4n) is 6.43. The van der Waals surface area contributed by atoms with Gasteiger partial charge >= 0.3 is 0 Å². The Balaban J connectivity index is 0.000000236. The normalized spacial score (nSPS) is 17.5. The average Bonchev–Trinajstić information content (AvgIpc) is 3.14. The van der Waals surface area contributed by atoms with E-state index in [0.717, 1.165) is 108 Å². The van der Waals surface area contributed by atoms with Gasteiger partial charge in [-0.2, -0.15) is 0 Å². The molecule has 11 heteroatoms. The molecule has 3 aliphatic rings. The summed E-state index contributed by atoms with van der Waals surface area (Å²) in [5.41, 5.74) is 3.38. The second-order valence-electron chi connectivity index (χ2n) is 13.2. The number of hydrogen-bond donors (Lipinski definition) is 1. The van der Waals surface area contributed by atoms with E-state index in [1.165, 1.54) is 5.56 Å². The first-order valence-corrected chi connectivity index (χ1v) is 18.3. The molecule has 51 heavy (non-hydrogen) atoms. The van der Waals surface area contributed by atoms with E-state index in [9.17, 15) is 9.59 Å². The second-order valence-corrected chi connectivity index (χ2v) is 13.2. The third kappa shape index (κ3) is 12.5. The predicted molar refractivity (Wildman–Crippen MR) is 194 cm³/mol. The Bertz CT molecular complexity index is 1530. The molecule has 2 aromatic carbocycles. The smallest absolute Gasteiger partial charge is 0.253 e. The van der Waals surface area contributed by atoms with Crippen molar-refractivity contribution in [3.63, 3.8) is 0 Å². The van der Waals surface area contributed by atoms with Gasteiger partial charge in [0.1, 0.15) is 41.5 Å². The SMILES string of the molecule is CCOc1cc(C=O)cc(OC2CCOCC2)c1.CCOc1cc(CN2CCC(NC(=O)c3cncc(C)c3)CC2)cc(OC2CCOCC2)c1. The molecule has 3 fully saturated rings. The van der Waals surface area contributed by atoms with E-state index < -0.39 is 0 Å². The Morgan fingerprint density at radius 1 is 0.784 bits per heavy atom. The highest BCUT2D eigenvalue weighted by Gasteiger charge is 2.23. The zero-order valence-electron chi connectivity index (χ0n) is 30.3. The van der Waals surface area contributed by atoms with Crippen molar-refractivity contribution in [3.05, 3.63) is 77.1 Å². The first-order chi connectivity index (χ1) is 24.9. The van der Waals surface area contributed by atoms with Crippen LogP contribution in [0.15, 0.2) is 54.9 Å². The molecule has 0 atom stereocenters. The maximum absolute atomic E-state index is 12.5. The van der Waals surface area contributed by atoms with Crippen LogP contribution >= 0.6 is 0 Å². The minimum Gasteiger partial charge on any atom is -0.494 e. The summed E-state index contributed by atoms with van der Waals surface area (Å²) in [7, 11) is 0. The maximum atomic E-state index is 12.5. The van der Waals surface area contributed by atoms with Crippen molar-refractivity contribution in [3.8, 4) is 23.0 Å². The van der Waals surface area contributed by atoms with Crippen molar-refractivity contribution in [2.45, 2.75) is 84.1 Å². The molecule has 0 radical (unpaired) electrons. The van der Waals surface area contributed by atoms with Gasteiger partial charge in [-0.1, -0.05) is 0 Å². The van der Waals surface area contributed by atoms with Crippen molar-refractivity contribution >= 4 is 12.2 Å². The van der Waals surface area contributed by atoms with Gasteiger partial charge in [0.2, 0.25) is 0 Å². The second kappa shape index (κ2) is 20.0. The van der Waals surface area contributed by atoms with E-state index in [1.54, 1.807) is 24.5 Å². The van der Waals surface area contributed by atoms with E-state index in [1.807, 2.05) is 39.0 Å². The van der Waals surface area contributed by atoms with Gasteiger partial charge in [0, 0.05) is 81.4 Å². The lowest BCUT2D eigenvalue weighted by Gasteiger charge is -2.32. The number of carbonyl (C=O) groups is 2. The Hall–Kier alpha value is -4.19. The summed E-state index contributed by atoms with van der Waals surface area (Å²) in [4.78, 5) is 30.0. The Morgan fingerprint density at radius 2 is 1.33 bits per heavy atom. The zero-order valence-corrected chi connectivity index (χ0v) is 30.3. The van der Waals surface area contributed by atoms with Crippen LogP contribution in [0.3, 0.4) is 0 Å². The average molecular weight is 704 g/mol. The number of nitrogens with zero attached hydrogens (tertiary/aromatic N) is 2. The molecule has 1 amide bonds.